The smallest absolute Gasteiger partial charge is 0.257 e. The number of aromatic nitrogens is 6. The molecular formula is C30H40F2N10O2S. The van der Waals surface area contributed by atoms with Crippen LogP contribution < -0.4 is 16.4 Å². The van der Waals surface area contributed by atoms with E-state index in [1.54, 1.807) is 30.7 Å². The van der Waals surface area contributed by atoms with E-state index in [4.69, 9.17) is 10.7 Å². The maximum atomic E-state index is 13.1. The van der Waals surface area contributed by atoms with Crippen molar-refractivity contribution >= 4 is 15.6 Å². The van der Waals surface area contributed by atoms with Gasteiger partial charge in [-0.2, -0.15) is 14.3 Å². The summed E-state index contributed by atoms with van der Waals surface area (Å²) in [6.45, 7) is 0.578. The predicted molar refractivity (Wildman–Crippen MR) is 166 cm³/mol. The zero-order valence-corrected chi connectivity index (χ0v) is 26.3. The highest BCUT2D eigenvalue weighted by Gasteiger charge is 2.38. The number of nitrogens with two attached hydrogens (primary N) is 1. The highest BCUT2D eigenvalue weighted by molar-refractivity contribution is 7.90. The summed E-state index contributed by atoms with van der Waals surface area (Å²) in [6.07, 6.45) is 13.7. The van der Waals surface area contributed by atoms with Crippen LogP contribution in [0.2, 0.25) is 0 Å². The largest absolute Gasteiger partial charge is 0.382 e. The molecule has 2 saturated carbocycles. The molecule has 4 heterocycles. The van der Waals surface area contributed by atoms with Gasteiger partial charge in [0.05, 0.1) is 34.6 Å². The second kappa shape index (κ2) is 12.6. The molecule has 1 unspecified atom stereocenters. The Labute approximate surface area is 261 Å². The second-order valence-corrected chi connectivity index (χ2v) is 14.6. The first-order chi connectivity index (χ1) is 21.5. The van der Waals surface area contributed by atoms with Gasteiger partial charge in [-0.3, -0.25) is 4.68 Å². The maximum absolute atomic E-state index is 13.1. The van der Waals surface area contributed by atoms with Crippen molar-refractivity contribution in [3.8, 4) is 11.4 Å². The molecule has 3 aliphatic rings. The second-order valence-electron chi connectivity index (χ2n) is 12.5. The van der Waals surface area contributed by atoms with E-state index in [1.165, 1.54) is 23.5 Å². The highest BCUT2D eigenvalue weighted by atomic mass is 32.2. The van der Waals surface area contributed by atoms with Gasteiger partial charge >= 0.3 is 0 Å². The van der Waals surface area contributed by atoms with Gasteiger partial charge in [0.2, 0.25) is 0 Å². The van der Waals surface area contributed by atoms with Gasteiger partial charge < -0.3 is 21.3 Å². The molecule has 2 aliphatic carbocycles. The molecule has 3 aromatic heterocycles. The topological polar surface area (TPSA) is 149 Å². The van der Waals surface area contributed by atoms with E-state index in [1.807, 2.05) is 6.08 Å². The van der Waals surface area contributed by atoms with Gasteiger partial charge in [0.1, 0.15) is 6.54 Å². The molecule has 45 heavy (non-hydrogen) atoms. The maximum Gasteiger partial charge on any atom is 0.257 e. The van der Waals surface area contributed by atoms with Crippen molar-refractivity contribution < 1.29 is 17.2 Å². The minimum atomic E-state index is -3.53. The number of hydrogen-bond acceptors (Lipinski definition) is 10. The van der Waals surface area contributed by atoms with Crippen LogP contribution in [0.15, 0.2) is 54.9 Å². The van der Waals surface area contributed by atoms with Crippen LogP contribution >= 0.6 is 0 Å². The average Bonchev–Trinajstić information content (AvgIpc) is 3.58. The molecule has 1 atom stereocenters. The molecule has 12 nitrogen and oxygen atoms in total. The van der Waals surface area contributed by atoms with Crippen molar-refractivity contribution in [2.75, 3.05) is 20.6 Å². The van der Waals surface area contributed by atoms with Crippen LogP contribution in [0.5, 0.6) is 0 Å². The molecule has 0 aromatic carbocycles. The van der Waals surface area contributed by atoms with Crippen LogP contribution in [0.25, 0.3) is 17.0 Å². The van der Waals surface area contributed by atoms with Gasteiger partial charge in [-0.05, 0) is 89.7 Å². The van der Waals surface area contributed by atoms with Gasteiger partial charge in [-0.15, -0.1) is 0 Å². The van der Waals surface area contributed by atoms with E-state index < -0.39 is 33.9 Å². The molecular weight excluding hydrogens is 602 g/mol. The van der Waals surface area contributed by atoms with Gasteiger partial charge in [0.25, 0.3) is 16.4 Å². The Hall–Kier alpha value is -3.69. The molecule has 242 valence electrons. The average molecular weight is 643 g/mol. The Morgan fingerprint density at radius 2 is 1.96 bits per heavy atom. The van der Waals surface area contributed by atoms with Gasteiger partial charge in [0.15, 0.2) is 11.5 Å². The summed E-state index contributed by atoms with van der Waals surface area (Å²) in [4.78, 5) is 11.3. The van der Waals surface area contributed by atoms with E-state index in [9.17, 15) is 17.2 Å². The van der Waals surface area contributed by atoms with Crippen LogP contribution in [-0.4, -0.2) is 80.6 Å². The lowest BCUT2D eigenvalue weighted by Crippen LogP contribution is -2.50. The summed E-state index contributed by atoms with van der Waals surface area (Å²) in [7, 11) is 0.664. The van der Waals surface area contributed by atoms with Crippen molar-refractivity contribution in [2.24, 2.45) is 11.7 Å². The standard InChI is InChI=1S/C30H40F2N10O2S/c1-40(2)13-10-20-3-5-22(6-4-20)37-26-15-30(33,35-17-24(26)25-11-14-41(39-25)19-28(31)32)27-9-12-34-29(38-27)21-16-36-42(18-21)45(43,44)23-7-8-23/h9,11-12,14-18,20,22-23,28,35,37H,3-8,10,13,19,33H2,1-2H3. The summed E-state index contributed by atoms with van der Waals surface area (Å²) in [5.74, 6) is 0.972. The lowest BCUT2D eigenvalue weighted by Gasteiger charge is -2.35. The van der Waals surface area contributed by atoms with Crippen molar-refractivity contribution in [3.63, 3.8) is 0 Å². The van der Waals surface area contributed by atoms with Crippen LogP contribution in [-0.2, 0) is 22.2 Å². The number of dihydropyridines is 1. The SMILES string of the molecule is CN(C)CCC1CCC(NC2=CC(N)(c3ccnc(-c4cnn(S(=O)(=O)C5CC5)c4)n3)NC=C2c2ccn(CC(F)F)n2)CC1. The molecule has 3 aromatic rings. The van der Waals surface area contributed by atoms with Gasteiger partial charge in [-0.25, -0.2) is 27.2 Å². The third kappa shape index (κ3) is 7.10. The number of alkyl halides is 2. The molecule has 0 saturated heterocycles. The summed E-state index contributed by atoms with van der Waals surface area (Å²) in [5, 5.41) is 15.0. The van der Waals surface area contributed by atoms with E-state index in [-0.39, 0.29) is 11.9 Å². The summed E-state index contributed by atoms with van der Waals surface area (Å²) in [6, 6.07) is 3.62. The Balaban J connectivity index is 1.26. The lowest BCUT2D eigenvalue weighted by molar-refractivity contribution is 0.122. The molecule has 0 radical (unpaired) electrons. The van der Waals surface area contributed by atoms with Crippen molar-refractivity contribution in [1.82, 2.24) is 44.5 Å². The first-order valence-corrected chi connectivity index (χ1v) is 16.9. The monoisotopic (exact) mass is 642 g/mol. The summed E-state index contributed by atoms with van der Waals surface area (Å²) >= 11 is 0. The first-order valence-electron chi connectivity index (χ1n) is 15.4. The van der Waals surface area contributed by atoms with Crippen molar-refractivity contribution in [1.29, 1.82) is 0 Å². The number of rotatable bonds is 12. The Morgan fingerprint density at radius 1 is 1.18 bits per heavy atom. The van der Waals surface area contributed by atoms with E-state index >= 15 is 0 Å². The van der Waals surface area contributed by atoms with Crippen LogP contribution in [0.3, 0.4) is 0 Å². The number of nitrogens with one attached hydrogen (secondary N) is 2. The third-order valence-electron chi connectivity index (χ3n) is 8.65. The number of allylic oxidation sites excluding steroid dienone is 1. The predicted octanol–water partition coefficient (Wildman–Crippen LogP) is 2.88. The molecule has 0 amide bonds. The number of halogens is 2. The number of hydrogen-bond donors (Lipinski definition) is 3. The molecule has 0 spiro atoms. The zero-order valence-electron chi connectivity index (χ0n) is 25.5. The summed E-state index contributed by atoms with van der Waals surface area (Å²) in [5.41, 5.74) is 8.57. The zero-order chi connectivity index (χ0) is 31.8. The Bertz CT molecular complexity index is 1670. The molecule has 0 bridgehead atoms. The van der Waals surface area contributed by atoms with E-state index in [0.717, 1.165) is 42.0 Å². The Kier molecular flexibility index (Phi) is 8.76. The van der Waals surface area contributed by atoms with Crippen molar-refractivity contribution in [2.45, 2.75) is 74.9 Å². The van der Waals surface area contributed by atoms with Crippen molar-refractivity contribution in [3.05, 3.63) is 66.3 Å². The molecule has 4 N–H and O–H groups in total. The van der Waals surface area contributed by atoms with E-state index in [0.29, 0.717) is 41.3 Å². The van der Waals surface area contributed by atoms with Crippen LogP contribution in [0.1, 0.15) is 56.3 Å². The van der Waals surface area contributed by atoms with Crippen LogP contribution in [0, 0.1) is 5.92 Å². The molecule has 1 aliphatic heterocycles. The Morgan fingerprint density at radius 3 is 2.67 bits per heavy atom. The van der Waals surface area contributed by atoms with Gasteiger partial charge in [-0.1, -0.05) is 0 Å². The fourth-order valence-corrected chi connectivity index (χ4v) is 7.38. The minimum absolute atomic E-state index is 0.209. The van der Waals surface area contributed by atoms with E-state index in [2.05, 4.69) is 44.8 Å². The summed E-state index contributed by atoms with van der Waals surface area (Å²) < 4.78 is 53.6. The normalized spacial score (nSPS) is 24.0. The fraction of sp³-hybridized carbons (Fsp3) is 0.533. The lowest BCUT2D eigenvalue weighted by atomic mass is 9.83. The fourth-order valence-electron chi connectivity index (χ4n) is 5.91. The molecule has 2 fully saturated rings. The quantitative estimate of drug-likeness (QED) is 0.269. The molecule has 6 rings (SSSR count). The molecule has 15 heteroatoms. The third-order valence-corrected chi connectivity index (χ3v) is 10.7. The van der Waals surface area contributed by atoms with Gasteiger partial charge in [0, 0.05) is 35.9 Å². The van der Waals surface area contributed by atoms with Crippen LogP contribution in [0.4, 0.5) is 8.78 Å². The first kappa shape index (κ1) is 31.3. The number of nitrogens with zero attached hydrogens (tertiary/aromatic N) is 7. The highest BCUT2D eigenvalue weighted by Crippen LogP contribution is 2.34. The minimum Gasteiger partial charge on any atom is -0.382 e.